The van der Waals surface area contributed by atoms with Gasteiger partial charge in [0.05, 0.1) is 6.04 Å². The molecule has 30 heavy (non-hydrogen) atoms. The third-order valence-electron chi connectivity index (χ3n) is 4.42. The highest BCUT2D eigenvalue weighted by molar-refractivity contribution is 6.30. The fraction of sp³-hybridized carbons (Fsp3) is 0.273. The van der Waals surface area contributed by atoms with Crippen LogP contribution in [0.2, 0.25) is 5.02 Å². The molecule has 0 saturated heterocycles. The third kappa shape index (κ3) is 5.45. The quantitative estimate of drug-likeness (QED) is 0.477. The van der Waals surface area contributed by atoms with Gasteiger partial charge in [0.25, 0.3) is 5.91 Å². The first-order chi connectivity index (χ1) is 14.5. The third-order valence-corrected chi connectivity index (χ3v) is 4.67. The number of tetrazole rings is 1. The SMILES string of the molecule is C=CCN(Cc1ccc(Cl)cc1)C(=O)c1cccc(OCc2nnnn2C(C)C)c1. The van der Waals surface area contributed by atoms with Crippen LogP contribution in [-0.4, -0.2) is 37.6 Å². The lowest BCUT2D eigenvalue weighted by Crippen LogP contribution is -2.30. The molecule has 3 rings (SSSR count). The Balaban J connectivity index is 1.72. The Morgan fingerprint density at radius 3 is 2.73 bits per heavy atom. The Morgan fingerprint density at radius 1 is 1.27 bits per heavy atom. The lowest BCUT2D eigenvalue weighted by molar-refractivity contribution is 0.0762. The zero-order chi connectivity index (χ0) is 21.5. The predicted molar refractivity (Wildman–Crippen MR) is 115 cm³/mol. The van der Waals surface area contributed by atoms with Crippen molar-refractivity contribution in [3.8, 4) is 5.75 Å². The van der Waals surface area contributed by atoms with Crippen molar-refractivity contribution in [2.75, 3.05) is 6.54 Å². The number of carbonyl (C=O) groups excluding carboxylic acids is 1. The highest BCUT2D eigenvalue weighted by Gasteiger charge is 2.16. The van der Waals surface area contributed by atoms with E-state index in [9.17, 15) is 4.79 Å². The zero-order valence-electron chi connectivity index (χ0n) is 17.0. The average Bonchev–Trinajstić information content (AvgIpc) is 3.22. The summed E-state index contributed by atoms with van der Waals surface area (Å²) in [4.78, 5) is 14.8. The van der Waals surface area contributed by atoms with E-state index in [2.05, 4.69) is 22.1 Å². The van der Waals surface area contributed by atoms with Gasteiger partial charge in [-0.2, -0.15) is 0 Å². The molecule has 0 fully saturated rings. The second-order valence-electron chi connectivity index (χ2n) is 7.05. The van der Waals surface area contributed by atoms with E-state index in [1.807, 2.05) is 38.1 Å². The topological polar surface area (TPSA) is 73.1 Å². The Labute approximate surface area is 180 Å². The molecule has 0 N–H and O–H groups in total. The zero-order valence-corrected chi connectivity index (χ0v) is 17.8. The summed E-state index contributed by atoms with van der Waals surface area (Å²) in [5.41, 5.74) is 1.52. The summed E-state index contributed by atoms with van der Waals surface area (Å²) in [7, 11) is 0. The molecule has 0 bridgehead atoms. The molecule has 156 valence electrons. The van der Waals surface area contributed by atoms with Crippen LogP contribution in [0.3, 0.4) is 0 Å². The highest BCUT2D eigenvalue weighted by Crippen LogP contribution is 2.19. The van der Waals surface area contributed by atoms with Gasteiger partial charge in [0.2, 0.25) is 0 Å². The van der Waals surface area contributed by atoms with Crippen LogP contribution in [0.4, 0.5) is 0 Å². The normalized spacial score (nSPS) is 10.8. The molecule has 0 aliphatic rings. The molecule has 0 aliphatic carbocycles. The van der Waals surface area contributed by atoms with Crippen LogP contribution in [0.25, 0.3) is 0 Å². The first-order valence-electron chi connectivity index (χ1n) is 9.62. The summed E-state index contributed by atoms with van der Waals surface area (Å²) in [6.45, 7) is 8.85. The Morgan fingerprint density at radius 2 is 2.03 bits per heavy atom. The molecule has 0 unspecified atom stereocenters. The Bertz CT molecular complexity index is 1000. The molecule has 0 atom stereocenters. The maximum absolute atomic E-state index is 13.1. The predicted octanol–water partition coefficient (Wildman–Crippen LogP) is 4.31. The van der Waals surface area contributed by atoms with Crippen molar-refractivity contribution in [3.05, 3.63) is 83.2 Å². The first-order valence-corrected chi connectivity index (χ1v) is 10.00. The van der Waals surface area contributed by atoms with Crippen LogP contribution in [-0.2, 0) is 13.2 Å². The van der Waals surface area contributed by atoms with Gasteiger partial charge in [-0.3, -0.25) is 4.79 Å². The molecular weight excluding hydrogens is 402 g/mol. The van der Waals surface area contributed by atoms with Gasteiger partial charge in [-0.1, -0.05) is 35.9 Å². The van der Waals surface area contributed by atoms with Gasteiger partial charge >= 0.3 is 0 Å². The molecule has 0 radical (unpaired) electrons. The molecular formula is C22H24ClN5O2. The standard InChI is InChI=1S/C22H24ClN5O2/c1-4-12-27(14-17-8-10-19(23)11-9-17)22(29)18-6-5-7-20(13-18)30-15-21-24-25-26-28(21)16(2)3/h4-11,13,16H,1,12,14-15H2,2-3H3. The van der Waals surface area contributed by atoms with Crippen molar-refractivity contribution < 1.29 is 9.53 Å². The Kier molecular flexibility index (Phi) is 7.19. The van der Waals surface area contributed by atoms with Crippen molar-refractivity contribution in [3.63, 3.8) is 0 Å². The minimum atomic E-state index is -0.109. The van der Waals surface area contributed by atoms with Gasteiger partial charge in [-0.25, -0.2) is 4.68 Å². The van der Waals surface area contributed by atoms with E-state index < -0.39 is 0 Å². The number of aromatic nitrogens is 4. The van der Waals surface area contributed by atoms with Gasteiger partial charge in [-0.05, 0) is 60.2 Å². The molecule has 3 aromatic rings. The van der Waals surface area contributed by atoms with E-state index in [1.165, 1.54) is 0 Å². The smallest absolute Gasteiger partial charge is 0.254 e. The molecule has 1 amide bonds. The van der Waals surface area contributed by atoms with Gasteiger partial charge in [0.15, 0.2) is 5.82 Å². The van der Waals surface area contributed by atoms with Crippen molar-refractivity contribution in [2.24, 2.45) is 0 Å². The summed E-state index contributed by atoms with van der Waals surface area (Å²) >= 11 is 5.95. The van der Waals surface area contributed by atoms with Crippen LogP contribution >= 0.6 is 11.6 Å². The van der Waals surface area contributed by atoms with Crippen LogP contribution < -0.4 is 4.74 Å². The summed E-state index contributed by atoms with van der Waals surface area (Å²) in [5, 5.41) is 12.3. The van der Waals surface area contributed by atoms with E-state index in [1.54, 1.807) is 39.9 Å². The second kappa shape index (κ2) is 10.0. The number of rotatable bonds is 9. The van der Waals surface area contributed by atoms with E-state index in [-0.39, 0.29) is 18.6 Å². The molecule has 1 heterocycles. The summed E-state index contributed by atoms with van der Waals surface area (Å²) in [5.74, 6) is 1.09. The van der Waals surface area contributed by atoms with Gasteiger partial charge < -0.3 is 9.64 Å². The molecule has 2 aromatic carbocycles. The number of hydrogen-bond acceptors (Lipinski definition) is 5. The highest BCUT2D eigenvalue weighted by atomic mass is 35.5. The van der Waals surface area contributed by atoms with Gasteiger partial charge in [0, 0.05) is 23.7 Å². The lowest BCUT2D eigenvalue weighted by Gasteiger charge is -2.22. The fourth-order valence-electron chi connectivity index (χ4n) is 2.94. The minimum absolute atomic E-state index is 0.109. The van der Waals surface area contributed by atoms with Crippen molar-refractivity contribution in [2.45, 2.75) is 33.0 Å². The first kappa shape index (κ1) is 21.5. The summed E-state index contributed by atoms with van der Waals surface area (Å²) < 4.78 is 7.54. The number of amides is 1. The molecule has 0 saturated carbocycles. The molecule has 0 spiro atoms. The molecule has 1 aromatic heterocycles. The van der Waals surface area contributed by atoms with E-state index >= 15 is 0 Å². The van der Waals surface area contributed by atoms with E-state index in [0.29, 0.717) is 35.2 Å². The summed E-state index contributed by atoms with van der Waals surface area (Å²) in [6, 6.07) is 14.7. The maximum Gasteiger partial charge on any atom is 0.254 e. The monoisotopic (exact) mass is 425 g/mol. The number of benzene rings is 2. The number of hydrogen-bond donors (Lipinski definition) is 0. The van der Waals surface area contributed by atoms with Crippen LogP contribution in [0.5, 0.6) is 5.75 Å². The maximum atomic E-state index is 13.1. The lowest BCUT2D eigenvalue weighted by atomic mass is 10.1. The second-order valence-corrected chi connectivity index (χ2v) is 7.49. The van der Waals surface area contributed by atoms with Crippen molar-refractivity contribution in [1.29, 1.82) is 0 Å². The Hall–Kier alpha value is -3.19. The average molecular weight is 426 g/mol. The van der Waals surface area contributed by atoms with Crippen LogP contribution in [0.15, 0.2) is 61.2 Å². The molecule has 8 heteroatoms. The number of ether oxygens (including phenoxy) is 1. The summed E-state index contributed by atoms with van der Waals surface area (Å²) in [6.07, 6.45) is 1.71. The molecule has 0 aliphatic heterocycles. The fourth-order valence-corrected chi connectivity index (χ4v) is 3.07. The molecule has 7 nitrogen and oxygen atoms in total. The van der Waals surface area contributed by atoms with Crippen LogP contribution in [0, 0.1) is 0 Å². The number of halogens is 1. The largest absolute Gasteiger partial charge is 0.486 e. The van der Waals surface area contributed by atoms with Crippen LogP contribution in [0.1, 0.15) is 41.6 Å². The van der Waals surface area contributed by atoms with Crippen molar-refractivity contribution >= 4 is 17.5 Å². The van der Waals surface area contributed by atoms with Gasteiger partial charge in [0.1, 0.15) is 12.4 Å². The van der Waals surface area contributed by atoms with Gasteiger partial charge in [-0.15, -0.1) is 11.7 Å². The minimum Gasteiger partial charge on any atom is -0.486 e. The van der Waals surface area contributed by atoms with E-state index in [0.717, 1.165) is 5.56 Å². The van der Waals surface area contributed by atoms with E-state index in [4.69, 9.17) is 16.3 Å². The number of nitrogens with zero attached hydrogens (tertiary/aromatic N) is 5. The number of carbonyl (C=O) groups is 1. The van der Waals surface area contributed by atoms with Crippen molar-refractivity contribution in [1.82, 2.24) is 25.1 Å².